The molecule has 0 bridgehead atoms. The van der Waals surface area contributed by atoms with E-state index in [9.17, 15) is 8.76 Å². The third-order valence-corrected chi connectivity index (χ3v) is 4.97. The van der Waals surface area contributed by atoms with Crippen LogP contribution in [-0.4, -0.2) is 33.6 Å². The predicted octanol–water partition coefficient (Wildman–Crippen LogP) is 4.57. The van der Waals surface area contributed by atoms with E-state index in [1.54, 1.807) is 6.34 Å². The smallest absolute Gasteiger partial charge is 0.157 e. The Hall–Kier alpha value is -1.69. The molecule has 2 aromatic rings. The zero-order valence-electron chi connectivity index (χ0n) is 14.7. The molecule has 2 aromatic carbocycles. The van der Waals surface area contributed by atoms with Crippen molar-refractivity contribution in [3.8, 4) is 0 Å². The number of aliphatic imine (C=N–C) groups is 1. The van der Waals surface area contributed by atoms with Crippen LogP contribution in [0.3, 0.4) is 0 Å². The van der Waals surface area contributed by atoms with Gasteiger partial charge in [0.1, 0.15) is 0 Å². The van der Waals surface area contributed by atoms with Crippen LogP contribution in [0, 0.1) is 6.92 Å². The van der Waals surface area contributed by atoms with Crippen molar-refractivity contribution in [3.63, 3.8) is 0 Å². The van der Waals surface area contributed by atoms with Crippen LogP contribution in [0.5, 0.6) is 0 Å². The second-order valence-electron chi connectivity index (χ2n) is 5.96. The van der Waals surface area contributed by atoms with Crippen molar-refractivity contribution in [2.75, 3.05) is 13.6 Å². The molecule has 1 N–H and O–H groups in total. The number of nitrogens with zero attached hydrogens (tertiary/aromatic N) is 2. The van der Waals surface area contributed by atoms with E-state index < -0.39 is 11.1 Å². The molecule has 4 nitrogen and oxygen atoms in total. The van der Waals surface area contributed by atoms with E-state index in [-0.39, 0.29) is 5.75 Å². The number of aryl methyl sites for hydroxylation is 1. The van der Waals surface area contributed by atoms with Crippen LogP contribution in [0.25, 0.3) is 0 Å². The second kappa shape index (κ2) is 9.13. The molecule has 1 unspecified atom stereocenters. The van der Waals surface area contributed by atoms with Gasteiger partial charge in [0.05, 0.1) is 17.8 Å². The average Bonchev–Trinajstić information content (AvgIpc) is 2.57. The largest absolute Gasteiger partial charge is 0.366 e. The van der Waals surface area contributed by atoms with Gasteiger partial charge in [-0.2, -0.15) is 0 Å². The van der Waals surface area contributed by atoms with Gasteiger partial charge in [0.15, 0.2) is 11.1 Å². The summed E-state index contributed by atoms with van der Waals surface area (Å²) in [6, 6.07) is 11.7. The van der Waals surface area contributed by atoms with Gasteiger partial charge in [-0.25, -0.2) is 9.20 Å². The van der Waals surface area contributed by atoms with Gasteiger partial charge < -0.3 is 9.45 Å². The van der Waals surface area contributed by atoms with E-state index in [1.807, 2.05) is 62.2 Å². The van der Waals surface area contributed by atoms with Crippen LogP contribution >= 0.6 is 11.6 Å². The van der Waals surface area contributed by atoms with E-state index in [0.717, 1.165) is 39.5 Å². The number of halogens is 1. The van der Waals surface area contributed by atoms with E-state index >= 15 is 0 Å². The fourth-order valence-corrected chi connectivity index (χ4v) is 3.14. The number of hydrogen-bond acceptors (Lipinski definition) is 2. The van der Waals surface area contributed by atoms with Crippen LogP contribution in [0.4, 0.5) is 5.69 Å². The average molecular weight is 379 g/mol. The SMILES string of the molecule is CCN(C)C=Nc1cc(C)c(Cc2ccccc2Cl)cc1CS(=O)O. The van der Waals surface area contributed by atoms with Crippen molar-refractivity contribution in [1.82, 2.24) is 4.90 Å². The molecule has 0 fully saturated rings. The minimum Gasteiger partial charge on any atom is -0.366 e. The molecule has 2 rings (SSSR count). The highest BCUT2D eigenvalue weighted by Gasteiger charge is 2.11. The molecular formula is C19H23ClN2O2S. The lowest BCUT2D eigenvalue weighted by atomic mass is 9.97. The van der Waals surface area contributed by atoms with Gasteiger partial charge in [0.2, 0.25) is 0 Å². The Morgan fingerprint density at radius 1 is 1.24 bits per heavy atom. The fraction of sp³-hybridized carbons (Fsp3) is 0.316. The predicted molar refractivity (Wildman–Crippen MR) is 106 cm³/mol. The normalized spacial score (nSPS) is 12.5. The Bertz CT molecular complexity index is 793. The van der Waals surface area contributed by atoms with Crippen molar-refractivity contribution in [3.05, 3.63) is 63.7 Å². The first kappa shape index (κ1) is 19.6. The third kappa shape index (κ3) is 5.66. The molecule has 0 saturated heterocycles. The zero-order chi connectivity index (χ0) is 18.4. The maximum Gasteiger partial charge on any atom is 0.157 e. The zero-order valence-corrected chi connectivity index (χ0v) is 16.3. The summed E-state index contributed by atoms with van der Waals surface area (Å²) in [7, 11) is 1.94. The number of hydrogen-bond donors (Lipinski definition) is 1. The van der Waals surface area contributed by atoms with Gasteiger partial charge in [-0.05, 0) is 54.7 Å². The molecule has 25 heavy (non-hydrogen) atoms. The van der Waals surface area contributed by atoms with Gasteiger partial charge in [0.25, 0.3) is 0 Å². The minimum atomic E-state index is -1.92. The summed E-state index contributed by atoms with van der Waals surface area (Å²) >= 11 is 4.34. The Morgan fingerprint density at radius 2 is 1.96 bits per heavy atom. The minimum absolute atomic E-state index is 0.0539. The second-order valence-corrected chi connectivity index (χ2v) is 7.30. The summed E-state index contributed by atoms with van der Waals surface area (Å²) in [5.74, 6) is 0.0539. The quantitative estimate of drug-likeness (QED) is 0.436. The first-order valence-corrected chi connectivity index (χ1v) is 9.73. The standard InChI is InChI=1S/C19H23ClN2O2S/c1-4-22(3)13-21-19-9-14(2)16(11-17(19)12-25(23)24)10-15-7-5-6-8-18(15)20/h5-9,11,13H,4,10,12H2,1-3H3,(H,23,24). The van der Waals surface area contributed by atoms with E-state index in [1.165, 1.54) is 0 Å². The number of benzene rings is 2. The van der Waals surface area contributed by atoms with Crippen molar-refractivity contribution < 1.29 is 8.76 Å². The monoisotopic (exact) mass is 378 g/mol. The lowest BCUT2D eigenvalue weighted by Gasteiger charge is -2.14. The highest BCUT2D eigenvalue weighted by atomic mass is 35.5. The maximum atomic E-state index is 11.4. The summed E-state index contributed by atoms with van der Waals surface area (Å²) < 4.78 is 20.7. The molecule has 0 saturated carbocycles. The maximum absolute atomic E-state index is 11.4. The van der Waals surface area contributed by atoms with Gasteiger partial charge in [0, 0.05) is 18.6 Å². The molecule has 0 aromatic heterocycles. The van der Waals surface area contributed by atoms with Gasteiger partial charge in [-0.1, -0.05) is 35.9 Å². The van der Waals surface area contributed by atoms with Gasteiger partial charge in [-0.15, -0.1) is 0 Å². The van der Waals surface area contributed by atoms with Crippen LogP contribution in [0.2, 0.25) is 5.02 Å². The molecule has 0 radical (unpaired) electrons. The van der Waals surface area contributed by atoms with Gasteiger partial charge >= 0.3 is 0 Å². The lowest BCUT2D eigenvalue weighted by molar-refractivity contribution is 0.552. The Labute approximate surface area is 156 Å². The topological polar surface area (TPSA) is 52.9 Å². The molecule has 0 aliphatic carbocycles. The molecule has 1 atom stereocenters. The first-order chi connectivity index (χ1) is 11.9. The van der Waals surface area contributed by atoms with E-state index in [4.69, 9.17) is 11.6 Å². The molecule has 0 spiro atoms. The van der Waals surface area contributed by atoms with Crippen molar-refractivity contribution >= 4 is 34.7 Å². The van der Waals surface area contributed by atoms with Crippen LogP contribution in [-0.2, 0) is 23.3 Å². The molecule has 0 aliphatic rings. The number of rotatable bonds is 7. The van der Waals surface area contributed by atoms with Crippen molar-refractivity contribution in [2.24, 2.45) is 4.99 Å². The Morgan fingerprint density at radius 3 is 2.60 bits per heavy atom. The summed E-state index contributed by atoms with van der Waals surface area (Å²) in [4.78, 5) is 6.44. The van der Waals surface area contributed by atoms with E-state index in [2.05, 4.69) is 4.99 Å². The Balaban J connectivity index is 2.40. The lowest BCUT2D eigenvalue weighted by Crippen LogP contribution is -2.14. The first-order valence-electron chi connectivity index (χ1n) is 8.08. The summed E-state index contributed by atoms with van der Waals surface area (Å²) in [6.45, 7) is 4.90. The molecule has 0 heterocycles. The van der Waals surface area contributed by atoms with Crippen LogP contribution in [0.15, 0.2) is 41.4 Å². The molecule has 0 amide bonds. The highest BCUT2D eigenvalue weighted by Crippen LogP contribution is 2.28. The van der Waals surface area contributed by atoms with Crippen molar-refractivity contribution in [2.45, 2.75) is 26.0 Å². The highest BCUT2D eigenvalue weighted by molar-refractivity contribution is 7.78. The summed E-state index contributed by atoms with van der Waals surface area (Å²) in [5, 5.41) is 0.723. The summed E-state index contributed by atoms with van der Waals surface area (Å²) in [6.07, 6.45) is 2.42. The van der Waals surface area contributed by atoms with Crippen LogP contribution < -0.4 is 0 Å². The van der Waals surface area contributed by atoms with Crippen molar-refractivity contribution in [1.29, 1.82) is 0 Å². The Kier molecular flexibility index (Phi) is 7.17. The molecular weight excluding hydrogens is 356 g/mol. The van der Waals surface area contributed by atoms with Gasteiger partial charge in [-0.3, -0.25) is 0 Å². The molecule has 6 heteroatoms. The fourth-order valence-electron chi connectivity index (χ4n) is 2.44. The summed E-state index contributed by atoms with van der Waals surface area (Å²) in [5.41, 5.74) is 4.68. The van der Waals surface area contributed by atoms with E-state index in [0.29, 0.717) is 6.42 Å². The van der Waals surface area contributed by atoms with Crippen LogP contribution in [0.1, 0.15) is 29.2 Å². The molecule has 134 valence electrons. The third-order valence-electron chi connectivity index (χ3n) is 4.05. The molecule has 0 aliphatic heterocycles.